The Balaban J connectivity index is 3.14. The van der Waals surface area contributed by atoms with Crippen LogP contribution >= 0.6 is 0 Å². The first-order valence-electron chi connectivity index (χ1n) is 3.47. The van der Waals surface area contributed by atoms with Crippen LogP contribution in [0.25, 0.3) is 0 Å². The van der Waals surface area contributed by atoms with E-state index in [-0.39, 0.29) is 0 Å². The molecule has 51 valence electrons. The summed E-state index contributed by atoms with van der Waals surface area (Å²) in [6.45, 7) is 9.53. The molecule has 0 aromatic rings. The zero-order valence-electron chi connectivity index (χ0n) is 6.30. The van der Waals surface area contributed by atoms with Gasteiger partial charge in [0.25, 0.3) is 0 Å². The lowest BCUT2D eigenvalue weighted by molar-refractivity contribution is 0.823. The van der Waals surface area contributed by atoms with Crippen LogP contribution in [0.5, 0.6) is 0 Å². The molecule has 0 fully saturated rings. The number of rotatable bonds is 4. The van der Waals surface area contributed by atoms with E-state index in [2.05, 4.69) is 26.0 Å². The molecule has 0 aliphatic carbocycles. The van der Waals surface area contributed by atoms with Crippen molar-refractivity contribution in [3.63, 3.8) is 0 Å². The Morgan fingerprint density at radius 2 is 2.00 bits per heavy atom. The molecule has 9 heavy (non-hydrogen) atoms. The first-order valence-corrected chi connectivity index (χ1v) is 3.47. The van der Waals surface area contributed by atoms with Gasteiger partial charge >= 0.3 is 0 Å². The minimum Gasteiger partial charge on any atom is -0.0880 e. The highest BCUT2D eigenvalue weighted by molar-refractivity contribution is 4.85. The van der Waals surface area contributed by atoms with Crippen molar-refractivity contribution in [1.82, 2.24) is 0 Å². The van der Waals surface area contributed by atoms with Crippen molar-refractivity contribution in [1.29, 1.82) is 0 Å². The summed E-state index contributed by atoms with van der Waals surface area (Å²) in [6, 6.07) is 0. The highest BCUT2D eigenvalue weighted by Gasteiger charge is 1.80. The zero-order chi connectivity index (χ0) is 7.11. The molecule has 0 aliphatic heterocycles. The number of hydrogen-bond acceptors (Lipinski definition) is 0. The lowest BCUT2D eigenvalue weighted by Gasteiger charge is -1.91. The first kappa shape index (κ1) is 8.48. The maximum atomic E-state index is 5.19. The van der Waals surface area contributed by atoms with Gasteiger partial charge in [-0.1, -0.05) is 38.7 Å². The standard InChI is InChI=1S/C9H15/c1-4-5-6-7-8-9(2)3/h1,4,7-9H,5-6H2,2-3H3. The predicted molar refractivity (Wildman–Crippen MR) is 42.1 cm³/mol. The Hall–Kier alpha value is -0.520. The molecule has 0 N–H and O–H groups in total. The summed E-state index contributed by atoms with van der Waals surface area (Å²) >= 11 is 0. The van der Waals surface area contributed by atoms with Gasteiger partial charge in [0.05, 0.1) is 0 Å². The summed E-state index contributed by atoms with van der Waals surface area (Å²) in [5.41, 5.74) is 0. The SMILES string of the molecule is [CH]=CCCC=CC(C)C. The molecule has 0 nitrogen and oxygen atoms in total. The van der Waals surface area contributed by atoms with Gasteiger partial charge in [0.15, 0.2) is 0 Å². The molecule has 0 aromatic heterocycles. The van der Waals surface area contributed by atoms with Crippen LogP contribution < -0.4 is 0 Å². The Labute approximate surface area is 58.3 Å². The fourth-order valence-corrected chi connectivity index (χ4v) is 0.561. The Morgan fingerprint density at radius 1 is 1.33 bits per heavy atom. The average Bonchev–Trinajstić information content (AvgIpc) is 1.80. The Bertz CT molecular complexity index is 88.2. The van der Waals surface area contributed by atoms with Gasteiger partial charge in [0, 0.05) is 0 Å². The molecule has 1 radical (unpaired) electrons. The maximum Gasteiger partial charge on any atom is -0.0290 e. The summed E-state index contributed by atoms with van der Waals surface area (Å²) in [5, 5.41) is 0. The topological polar surface area (TPSA) is 0 Å². The van der Waals surface area contributed by atoms with Crippen molar-refractivity contribution < 1.29 is 0 Å². The molecule has 0 heteroatoms. The number of unbranched alkanes of at least 4 members (excludes halogenated alkanes) is 1. The van der Waals surface area contributed by atoms with Crippen LogP contribution in [0.4, 0.5) is 0 Å². The van der Waals surface area contributed by atoms with E-state index >= 15 is 0 Å². The van der Waals surface area contributed by atoms with Crippen molar-refractivity contribution in [3.05, 3.63) is 24.8 Å². The molecular formula is C9H15. The first-order chi connectivity index (χ1) is 4.27. The van der Waals surface area contributed by atoms with Crippen LogP contribution in [0.1, 0.15) is 26.7 Å². The molecular weight excluding hydrogens is 108 g/mol. The van der Waals surface area contributed by atoms with E-state index in [1.807, 2.05) is 0 Å². The second-order valence-corrected chi connectivity index (χ2v) is 2.49. The molecule has 0 saturated heterocycles. The van der Waals surface area contributed by atoms with E-state index in [4.69, 9.17) is 6.58 Å². The summed E-state index contributed by atoms with van der Waals surface area (Å²) in [4.78, 5) is 0. The smallest absolute Gasteiger partial charge is 0.0290 e. The highest BCUT2D eigenvalue weighted by Crippen LogP contribution is 1.97. The number of allylic oxidation sites excluding steroid dienone is 3. The highest BCUT2D eigenvalue weighted by atomic mass is 13.9. The van der Waals surface area contributed by atoms with E-state index in [0.29, 0.717) is 5.92 Å². The molecule has 0 heterocycles. The van der Waals surface area contributed by atoms with Crippen LogP contribution in [-0.4, -0.2) is 0 Å². The van der Waals surface area contributed by atoms with E-state index in [0.717, 1.165) is 12.8 Å². The van der Waals surface area contributed by atoms with Crippen LogP contribution in [-0.2, 0) is 0 Å². The third-order valence-corrected chi connectivity index (χ3v) is 1.02. The van der Waals surface area contributed by atoms with Crippen LogP contribution in [0.2, 0.25) is 0 Å². The summed E-state index contributed by atoms with van der Waals surface area (Å²) in [7, 11) is 0. The van der Waals surface area contributed by atoms with Gasteiger partial charge in [-0.2, -0.15) is 0 Å². The third-order valence-electron chi connectivity index (χ3n) is 1.02. The van der Waals surface area contributed by atoms with Gasteiger partial charge in [-0.15, -0.1) is 0 Å². The lowest BCUT2D eigenvalue weighted by atomic mass is 10.2. The number of hydrogen-bond donors (Lipinski definition) is 0. The molecule has 0 unspecified atom stereocenters. The van der Waals surface area contributed by atoms with E-state index in [9.17, 15) is 0 Å². The quantitative estimate of drug-likeness (QED) is 0.398. The molecule has 0 amide bonds. The Kier molecular flexibility index (Phi) is 5.29. The molecule has 0 spiro atoms. The minimum absolute atomic E-state index is 0.669. The molecule has 0 bridgehead atoms. The van der Waals surface area contributed by atoms with Crippen molar-refractivity contribution in [2.45, 2.75) is 26.7 Å². The zero-order valence-corrected chi connectivity index (χ0v) is 6.30. The van der Waals surface area contributed by atoms with Gasteiger partial charge < -0.3 is 0 Å². The van der Waals surface area contributed by atoms with Crippen molar-refractivity contribution in [3.8, 4) is 0 Å². The second-order valence-electron chi connectivity index (χ2n) is 2.49. The van der Waals surface area contributed by atoms with Crippen LogP contribution in [0, 0.1) is 12.5 Å². The van der Waals surface area contributed by atoms with E-state index < -0.39 is 0 Å². The van der Waals surface area contributed by atoms with Crippen molar-refractivity contribution >= 4 is 0 Å². The molecule has 0 aliphatic rings. The summed E-state index contributed by atoms with van der Waals surface area (Å²) < 4.78 is 0. The molecule has 0 saturated carbocycles. The molecule has 0 rings (SSSR count). The van der Waals surface area contributed by atoms with Crippen molar-refractivity contribution in [2.24, 2.45) is 5.92 Å². The minimum atomic E-state index is 0.669. The maximum absolute atomic E-state index is 5.19. The van der Waals surface area contributed by atoms with Gasteiger partial charge in [-0.05, 0) is 18.8 Å². The Morgan fingerprint density at radius 3 is 2.44 bits per heavy atom. The van der Waals surface area contributed by atoms with Crippen molar-refractivity contribution in [2.75, 3.05) is 0 Å². The van der Waals surface area contributed by atoms with Crippen LogP contribution in [0.15, 0.2) is 18.2 Å². The fourth-order valence-electron chi connectivity index (χ4n) is 0.561. The normalized spacial score (nSPS) is 11.0. The van der Waals surface area contributed by atoms with Gasteiger partial charge in [-0.3, -0.25) is 0 Å². The van der Waals surface area contributed by atoms with Gasteiger partial charge in [0.2, 0.25) is 0 Å². The second kappa shape index (κ2) is 5.61. The summed E-state index contributed by atoms with van der Waals surface area (Å²) in [6.07, 6.45) is 8.14. The fraction of sp³-hybridized carbons (Fsp3) is 0.556. The van der Waals surface area contributed by atoms with E-state index in [1.165, 1.54) is 0 Å². The van der Waals surface area contributed by atoms with Gasteiger partial charge in [0.1, 0.15) is 0 Å². The molecule has 0 aromatic carbocycles. The summed E-state index contributed by atoms with van der Waals surface area (Å²) in [5.74, 6) is 0.669. The molecule has 0 atom stereocenters. The largest absolute Gasteiger partial charge is 0.0880 e. The van der Waals surface area contributed by atoms with Crippen LogP contribution in [0.3, 0.4) is 0 Å². The third kappa shape index (κ3) is 7.48. The average molecular weight is 123 g/mol. The monoisotopic (exact) mass is 123 g/mol. The lowest BCUT2D eigenvalue weighted by Crippen LogP contribution is -1.75. The van der Waals surface area contributed by atoms with E-state index in [1.54, 1.807) is 6.08 Å². The predicted octanol–water partition coefficient (Wildman–Crippen LogP) is 2.97. The van der Waals surface area contributed by atoms with Gasteiger partial charge in [-0.25, -0.2) is 0 Å².